The molecule has 1 atom stereocenters. The normalized spacial score (nSPS) is 12.1. The minimum absolute atomic E-state index is 0.0441. The van der Waals surface area contributed by atoms with E-state index in [2.05, 4.69) is 28.2 Å². The highest BCUT2D eigenvalue weighted by Crippen LogP contribution is 2.24. The molecule has 0 saturated heterocycles. The largest absolute Gasteiger partial charge is 0.481 e. The highest BCUT2D eigenvalue weighted by Gasteiger charge is 2.17. The quantitative estimate of drug-likeness (QED) is 0.871. The first-order chi connectivity index (χ1) is 8.95. The first-order valence-electron chi connectivity index (χ1n) is 6.32. The van der Waals surface area contributed by atoms with E-state index in [0.717, 1.165) is 22.3 Å². The maximum absolute atomic E-state index is 11.8. The van der Waals surface area contributed by atoms with Crippen molar-refractivity contribution >= 4 is 21.8 Å². The van der Waals surface area contributed by atoms with E-state index in [9.17, 15) is 4.79 Å². The molecule has 0 radical (unpaired) electrons. The first-order valence-corrected chi connectivity index (χ1v) is 7.12. The second-order valence-corrected chi connectivity index (χ2v) is 5.44. The average molecular weight is 329 g/mol. The summed E-state index contributed by atoms with van der Waals surface area (Å²) in [5.74, 6) is 0.698. The summed E-state index contributed by atoms with van der Waals surface area (Å²) in [6.07, 6.45) is -0.489. The zero-order valence-corrected chi connectivity index (χ0v) is 13.5. The van der Waals surface area contributed by atoms with Gasteiger partial charge in [0.2, 0.25) is 0 Å². The molecule has 0 aliphatic carbocycles. The molecule has 0 aromatic heterocycles. The number of ether oxygens (including phenoxy) is 1. The Morgan fingerprint density at radius 3 is 2.74 bits per heavy atom. The van der Waals surface area contributed by atoms with Gasteiger partial charge in [-0.15, -0.1) is 0 Å². The highest BCUT2D eigenvalue weighted by atomic mass is 79.9. The van der Waals surface area contributed by atoms with Crippen LogP contribution in [0, 0.1) is 0 Å². The maximum atomic E-state index is 11.8. The Bertz CT molecular complexity index is 435. The van der Waals surface area contributed by atoms with Crippen molar-refractivity contribution in [2.24, 2.45) is 0 Å². The Morgan fingerprint density at radius 2 is 2.16 bits per heavy atom. The molecular weight excluding hydrogens is 308 g/mol. The van der Waals surface area contributed by atoms with Gasteiger partial charge in [-0.1, -0.05) is 22.9 Å². The summed E-state index contributed by atoms with van der Waals surface area (Å²) in [4.78, 5) is 13.4. The molecule has 1 rings (SSSR count). The molecule has 4 nitrogen and oxygen atoms in total. The fourth-order valence-electron chi connectivity index (χ4n) is 1.67. The number of hydrogen-bond donors (Lipinski definition) is 1. The Labute approximate surface area is 123 Å². The van der Waals surface area contributed by atoms with Crippen molar-refractivity contribution < 1.29 is 9.53 Å². The SMILES string of the molecule is CCNCc1cc(Br)ccc1OC(C)C(=O)N(C)C. The monoisotopic (exact) mass is 328 g/mol. The number of carbonyl (C=O) groups is 1. The highest BCUT2D eigenvalue weighted by molar-refractivity contribution is 9.10. The molecule has 0 bridgehead atoms. The average Bonchev–Trinajstić information content (AvgIpc) is 2.37. The fourth-order valence-corrected chi connectivity index (χ4v) is 2.07. The summed E-state index contributed by atoms with van der Waals surface area (Å²) in [5, 5.41) is 3.26. The Hall–Kier alpha value is -1.07. The van der Waals surface area contributed by atoms with Gasteiger partial charge in [0, 0.05) is 30.7 Å². The molecule has 106 valence electrons. The number of benzene rings is 1. The number of hydrogen-bond acceptors (Lipinski definition) is 3. The molecule has 1 unspecified atom stereocenters. The van der Waals surface area contributed by atoms with Crippen LogP contribution >= 0.6 is 15.9 Å². The number of nitrogens with zero attached hydrogens (tertiary/aromatic N) is 1. The van der Waals surface area contributed by atoms with Gasteiger partial charge in [-0.2, -0.15) is 0 Å². The summed E-state index contributed by atoms with van der Waals surface area (Å²) in [5.41, 5.74) is 1.04. The van der Waals surface area contributed by atoms with Crippen molar-refractivity contribution in [1.29, 1.82) is 0 Å². The summed E-state index contributed by atoms with van der Waals surface area (Å²) in [7, 11) is 3.45. The van der Waals surface area contributed by atoms with E-state index in [1.165, 1.54) is 4.90 Å². The molecule has 1 aromatic rings. The van der Waals surface area contributed by atoms with Crippen LogP contribution in [0.15, 0.2) is 22.7 Å². The zero-order chi connectivity index (χ0) is 14.4. The van der Waals surface area contributed by atoms with E-state index >= 15 is 0 Å². The van der Waals surface area contributed by atoms with Crippen molar-refractivity contribution in [3.8, 4) is 5.75 Å². The van der Waals surface area contributed by atoms with Gasteiger partial charge in [0.05, 0.1) is 0 Å². The molecule has 0 aliphatic rings. The summed E-state index contributed by atoms with van der Waals surface area (Å²) in [6, 6.07) is 5.80. The molecule has 0 heterocycles. The zero-order valence-electron chi connectivity index (χ0n) is 11.9. The van der Waals surface area contributed by atoms with E-state index in [-0.39, 0.29) is 5.91 Å². The maximum Gasteiger partial charge on any atom is 0.262 e. The molecule has 1 aromatic carbocycles. The van der Waals surface area contributed by atoms with Crippen molar-refractivity contribution in [2.45, 2.75) is 26.5 Å². The van der Waals surface area contributed by atoms with Crippen molar-refractivity contribution in [3.05, 3.63) is 28.2 Å². The molecule has 0 spiro atoms. The van der Waals surface area contributed by atoms with Crippen LogP contribution in [-0.4, -0.2) is 37.6 Å². The number of nitrogens with one attached hydrogen (secondary N) is 1. The van der Waals surface area contributed by atoms with E-state index in [1.54, 1.807) is 21.0 Å². The van der Waals surface area contributed by atoms with Crippen molar-refractivity contribution in [2.75, 3.05) is 20.6 Å². The number of halogens is 1. The van der Waals surface area contributed by atoms with Crippen molar-refractivity contribution in [1.82, 2.24) is 10.2 Å². The predicted octanol–water partition coefficient (Wildman–Crippen LogP) is 2.41. The van der Waals surface area contributed by atoms with Crippen LogP contribution in [0.25, 0.3) is 0 Å². The van der Waals surface area contributed by atoms with Gasteiger partial charge in [0.1, 0.15) is 5.75 Å². The predicted molar refractivity (Wildman–Crippen MR) is 80.3 cm³/mol. The second-order valence-electron chi connectivity index (χ2n) is 4.53. The number of amides is 1. The number of rotatable bonds is 6. The van der Waals surface area contributed by atoms with Gasteiger partial charge in [-0.05, 0) is 31.7 Å². The molecule has 1 amide bonds. The third-order valence-corrected chi connectivity index (χ3v) is 3.17. The third kappa shape index (κ3) is 4.84. The summed E-state index contributed by atoms with van der Waals surface area (Å²) in [6.45, 7) is 5.42. The summed E-state index contributed by atoms with van der Waals surface area (Å²) < 4.78 is 6.77. The minimum Gasteiger partial charge on any atom is -0.481 e. The van der Waals surface area contributed by atoms with Gasteiger partial charge < -0.3 is 15.0 Å². The van der Waals surface area contributed by atoms with Crippen LogP contribution < -0.4 is 10.1 Å². The lowest BCUT2D eigenvalue weighted by atomic mass is 10.2. The van der Waals surface area contributed by atoms with Crippen LogP contribution in [0.5, 0.6) is 5.75 Å². The molecular formula is C14H21BrN2O2. The molecule has 0 fully saturated rings. The molecule has 1 N–H and O–H groups in total. The van der Waals surface area contributed by atoms with Gasteiger partial charge in [0.15, 0.2) is 6.10 Å². The first kappa shape index (κ1) is 16.0. The lowest BCUT2D eigenvalue weighted by Crippen LogP contribution is -2.35. The second kappa shape index (κ2) is 7.50. The fraction of sp³-hybridized carbons (Fsp3) is 0.500. The minimum atomic E-state index is -0.489. The van der Waals surface area contributed by atoms with Gasteiger partial charge in [-0.3, -0.25) is 4.79 Å². The Kier molecular flexibility index (Phi) is 6.31. The lowest BCUT2D eigenvalue weighted by molar-refractivity contribution is -0.135. The lowest BCUT2D eigenvalue weighted by Gasteiger charge is -2.20. The van der Waals surface area contributed by atoms with Crippen LogP contribution in [0.2, 0.25) is 0 Å². The van der Waals surface area contributed by atoms with Crippen LogP contribution in [0.1, 0.15) is 19.4 Å². The molecule has 0 saturated carbocycles. The standard InChI is InChI=1S/C14H21BrN2O2/c1-5-16-9-11-8-12(15)6-7-13(11)19-10(2)14(18)17(3)4/h6-8,10,16H,5,9H2,1-4H3. The number of likely N-dealkylation sites (N-methyl/N-ethyl adjacent to an activating group) is 1. The van der Waals surface area contributed by atoms with Crippen LogP contribution in [-0.2, 0) is 11.3 Å². The molecule has 5 heteroatoms. The van der Waals surface area contributed by atoms with E-state index in [0.29, 0.717) is 6.54 Å². The van der Waals surface area contributed by atoms with Gasteiger partial charge >= 0.3 is 0 Å². The number of carbonyl (C=O) groups excluding carboxylic acids is 1. The van der Waals surface area contributed by atoms with E-state index in [1.807, 2.05) is 18.2 Å². The van der Waals surface area contributed by atoms with Crippen LogP contribution in [0.3, 0.4) is 0 Å². The Morgan fingerprint density at radius 1 is 1.47 bits per heavy atom. The van der Waals surface area contributed by atoms with Crippen LogP contribution in [0.4, 0.5) is 0 Å². The smallest absolute Gasteiger partial charge is 0.262 e. The topological polar surface area (TPSA) is 41.6 Å². The van der Waals surface area contributed by atoms with Gasteiger partial charge in [0.25, 0.3) is 5.91 Å². The van der Waals surface area contributed by atoms with E-state index < -0.39 is 6.10 Å². The summed E-state index contributed by atoms with van der Waals surface area (Å²) >= 11 is 3.45. The Balaban J connectivity index is 2.84. The van der Waals surface area contributed by atoms with Gasteiger partial charge in [-0.25, -0.2) is 0 Å². The van der Waals surface area contributed by atoms with E-state index in [4.69, 9.17) is 4.74 Å². The van der Waals surface area contributed by atoms with Crippen molar-refractivity contribution in [3.63, 3.8) is 0 Å². The molecule has 0 aliphatic heterocycles. The molecule has 19 heavy (non-hydrogen) atoms. The third-order valence-electron chi connectivity index (χ3n) is 2.68.